The summed E-state index contributed by atoms with van der Waals surface area (Å²) in [5.41, 5.74) is 4.79. The van der Waals surface area contributed by atoms with Gasteiger partial charge < -0.3 is 10.1 Å². The summed E-state index contributed by atoms with van der Waals surface area (Å²) in [6.07, 6.45) is 0.0176. The summed E-state index contributed by atoms with van der Waals surface area (Å²) >= 11 is 5.94. The number of amides is 2. The highest BCUT2D eigenvalue weighted by molar-refractivity contribution is 6.31. The summed E-state index contributed by atoms with van der Waals surface area (Å²) in [6.45, 7) is 3.50. The molecule has 2 rings (SSSR count). The van der Waals surface area contributed by atoms with E-state index >= 15 is 0 Å². The number of benzene rings is 2. The van der Waals surface area contributed by atoms with Crippen molar-refractivity contribution in [3.8, 4) is 5.75 Å². The molecule has 6 nitrogen and oxygen atoms in total. The van der Waals surface area contributed by atoms with Gasteiger partial charge in [0.05, 0.1) is 19.2 Å². The Labute approximate surface area is 157 Å². The van der Waals surface area contributed by atoms with E-state index in [0.29, 0.717) is 27.7 Å². The monoisotopic (exact) mass is 373 g/mol. The van der Waals surface area contributed by atoms with Gasteiger partial charge in [-0.25, -0.2) is 5.43 Å². The first-order valence-corrected chi connectivity index (χ1v) is 8.31. The first-order valence-electron chi connectivity index (χ1n) is 7.93. The predicted molar refractivity (Wildman–Crippen MR) is 103 cm³/mol. The molecule has 0 aliphatic heterocycles. The Bertz CT molecular complexity index is 850. The van der Waals surface area contributed by atoms with E-state index in [1.165, 1.54) is 7.11 Å². The first-order chi connectivity index (χ1) is 12.4. The molecule has 0 aliphatic carbocycles. The smallest absolute Gasteiger partial charge is 0.271 e. The van der Waals surface area contributed by atoms with E-state index < -0.39 is 0 Å². The Kier molecular flexibility index (Phi) is 6.74. The fourth-order valence-electron chi connectivity index (χ4n) is 2.28. The van der Waals surface area contributed by atoms with Gasteiger partial charge in [0.2, 0.25) is 5.91 Å². The molecular weight excluding hydrogens is 354 g/mol. The Hall–Kier alpha value is -2.86. The van der Waals surface area contributed by atoms with Gasteiger partial charge >= 0.3 is 0 Å². The van der Waals surface area contributed by atoms with Crippen molar-refractivity contribution in [1.82, 2.24) is 5.43 Å². The molecule has 0 unspecified atom stereocenters. The molecule has 0 saturated heterocycles. The lowest BCUT2D eigenvalue weighted by molar-refractivity contribution is -0.115. The second kappa shape index (κ2) is 9.01. The van der Waals surface area contributed by atoms with E-state index in [1.54, 1.807) is 37.3 Å². The molecule has 0 fully saturated rings. The number of hydrogen-bond donors (Lipinski definition) is 2. The second-order valence-corrected chi connectivity index (χ2v) is 6.11. The highest BCUT2D eigenvalue weighted by Crippen LogP contribution is 2.27. The van der Waals surface area contributed by atoms with Crippen molar-refractivity contribution in [2.45, 2.75) is 20.3 Å². The molecule has 0 atom stereocenters. The van der Waals surface area contributed by atoms with Crippen LogP contribution in [0.3, 0.4) is 0 Å². The van der Waals surface area contributed by atoms with Gasteiger partial charge in [-0.15, -0.1) is 0 Å². The number of methoxy groups -OCH3 is 1. The van der Waals surface area contributed by atoms with Gasteiger partial charge in [-0.3, -0.25) is 9.59 Å². The molecule has 2 N–H and O–H groups in total. The molecule has 136 valence electrons. The number of nitrogens with one attached hydrogen (secondary N) is 2. The van der Waals surface area contributed by atoms with Crippen molar-refractivity contribution in [1.29, 1.82) is 0 Å². The molecule has 0 aliphatic rings. The van der Waals surface area contributed by atoms with Crippen LogP contribution in [0, 0.1) is 6.92 Å². The van der Waals surface area contributed by atoms with E-state index in [0.717, 1.165) is 5.56 Å². The minimum absolute atomic E-state index is 0.0176. The van der Waals surface area contributed by atoms with Gasteiger partial charge in [0.25, 0.3) is 5.91 Å². The molecule has 0 bridgehead atoms. The Morgan fingerprint density at radius 1 is 1.19 bits per heavy atom. The summed E-state index contributed by atoms with van der Waals surface area (Å²) in [7, 11) is 1.51. The average molecular weight is 374 g/mol. The van der Waals surface area contributed by atoms with Crippen LogP contribution in [0.5, 0.6) is 5.75 Å². The number of carbonyl (C=O) groups is 2. The first kappa shape index (κ1) is 19.5. The Morgan fingerprint density at radius 3 is 2.62 bits per heavy atom. The summed E-state index contributed by atoms with van der Waals surface area (Å²) in [5, 5.41) is 7.19. The molecule has 2 aromatic rings. The highest BCUT2D eigenvalue weighted by atomic mass is 35.5. The standard InChI is InChI=1S/C19H20ClN3O3/c1-12-6-4-5-7-15(12)19(25)23-22-13(2)10-18(24)21-16-11-14(20)8-9-17(16)26-3/h4-9,11H,10H2,1-3H3,(H,21,24)(H,23,25)/b22-13-. The number of hydrazone groups is 1. The quantitative estimate of drug-likeness (QED) is 0.597. The zero-order chi connectivity index (χ0) is 19.1. The molecule has 0 aromatic heterocycles. The van der Waals surface area contributed by atoms with E-state index in [1.807, 2.05) is 19.1 Å². The molecule has 0 spiro atoms. The number of nitrogens with zero attached hydrogens (tertiary/aromatic N) is 1. The number of anilines is 1. The number of hydrogen-bond acceptors (Lipinski definition) is 4. The molecular formula is C19H20ClN3O3. The summed E-state index contributed by atoms with van der Waals surface area (Å²) < 4.78 is 5.18. The third kappa shape index (κ3) is 5.32. The molecule has 0 radical (unpaired) electrons. The molecule has 2 amide bonds. The molecule has 7 heteroatoms. The number of aryl methyl sites for hydroxylation is 1. The van der Waals surface area contributed by atoms with Gasteiger partial charge in [-0.2, -0.15) is 5.10 Å². The Morgan fingerprint density at radius 2 is 1.92 bits per heavy atom. The third-order valence-electron chi connectivity index (χ3n) is 3.59. The van der Waals surface area contributed by atoms with Gasteiger partial charge in [0.1, 0.15) is 5.75 Å². The normalized spacial score (nSPS) is 11.0. The fourth-order valence-corrected chi connectivity index (χ4v) is 2.45. The molecule has 26 heavy (non-hydrogen) atoms. The maximum absolute atomic E-state index is 12.2. The van der Waals surface area contributed by atoms with E-state index in [9.17, 15) is 9.59 Å². The van der Waals surface area contributed by atoms with Crippen LogP contribution in [0.1, 0.15) is 29.3 Å². The molecule has 2 aromatic carbocycles. The second-order valence-electron chi connectivity index (χ2n) is 5.67. The largest absolute Gasteiger partial charge is 0.495 e. The summed E-state index contributed by atoms with van der Waals surface area (Å²) in [6, 6.07) is 12.1. The zero-order valence-electron chi connectivity index (χ0n) is 14.8. The number of carbonyl (C=O) groups excluding carboxylic acids is 2. The van der Waals surface area contributed by atoms with Crippen molar-refractivity contribution in [3.63, 3.8) is 0 Å². The maximum Gasteiger partial charge on any atom is 0.271 e. The number of rotatable bonds is 6. The SMILES string of the molecule is COc1ccc(Cl)cc1NC(=O)C/C(C)=N\NC(=O)c1ccccc1C. The van der Waals surface area contributed by atoms with Crippen molar-refractivity contribution < 1.29 is 14.3 Å². The minimum atomic E-state index is -0.320. The topological polar surface area (TPSA) is 79.8 Å². The van der Waals surface area contributed by atoms with E-state index in [4.69, 9.17) is 16.3 Å². The number of ether oxygens (including phenoxy) is 1. The minimum Gasteiger partial charge on any atom is -0.495 e. The van der Waals surface area contributed by atoms with Crippen LogP contribution in [-0.4, -0.2) is 24.6 Å². The van der Waals surface area contributed by atoms with Crippen LogP contribution in [0.4, 0.5) is 5.69 Å². The zero-order valence-corrected chi connectivity index (χ0v) is 15.6. The highest BCUT2D eigenvalue weighted by Gasteiger charge is 2.11. The van der Waals surface area contributed by atoms with Crippen LogP contribution in [-0.2, 0) is 4.79 Å². The van der Waals surface area contributed by atoms with Crippen molar-refractivity contribution in [2.75, 3.05) is 12.4 Å². The molecule has 0 saturated carbocycles. The van der Waals surface area contributed by atoms with Crippen molar-refractivity contribution >= 4 is 34.8 Å². The fraction of sp³-hybridized carbons (Fsp3) is 0.211. The lowest BCUT2D eigenvalue weighted by Gasteiger charge is -2.10. The summed E-state index contributed by atoms with van der Waals surface area (Å²) in [5.74, 6) is -0.110. The van der Waals surface area contributed by atoms with Gasteiger partial charge in [-0.1, -0.05) is 29.8 Å². The third-order valence-corrected chi connectivity index (χ3v) is 3.83. The Balaban J connectivity index is 1.96. The lowest BCUT2D eigenvalue weighted by atomic mass is 10.1. The predicted octanol–water partition coefficient (Wildman–Crippen LogP) is 3.79. The van der Waals surface area contributed by atoms with Crippen LogP contribution >= 0.6 is 11.6 Å². The summed E-state index contributed by atoms with van der Waals surface area (Å²) in [4.78, 5) is 24.3. The van der Waals surface area contributed by atoms with Gasteiger partial charge in [0, 0.05) is 16.3 Å². The lowest BCUT2D eigenvalue weighted by Crippen LogP contribution is -2.22. The average Bonchev–Trinajstić information content (AvgIpc) is 2.60. The van der Waals surface area contributed by atoms with Crippen molar-refractivity contribution in [3.05, 3.63) is 58.6 Å². The van der Waals surface area contributed by atoms with E-state index in [2.05, 4.69) is 15.8 Å². The number of halogens is 1. The van der Waals surface area contributed by atoms with Gasteiger partial charge in [0.15, 0.2) is 0 Å². The van der Waals surface area contributed by atoms with Crippen molar-refractivity contribution in [2.24, 2.45) is 5.10 Å². The molecule has 0 heterocycles. The van der Waals surface area contributed by atoms with Crippen LogP contribution in [0.25, 0.3) is 0 Å². The van der Waals surface area contributed by atoms with Crippen LogP contribution in [0.2, 0.25) is 5.02 Å². The van der Waals surface area contributed by atoms with Crippen LogP contribution < -0.4 is 15.5 Å². The van der Waals surface area contributed by atoms with Gasteiger partial charge in [-0.05, 0) is 43.7 Å². The van der Waals surface area contributed by atoms with Crippen LogP contribution in [0.15, 0.2) is 47.6 Å². The van der Waals surface area contributed by atoms with E-state index in [-0.39, 0.29) is 18.2 Å². The maximum atomic E-state index is 12.2.